The average Bonchev–Trinajstić information content (AvgIpc) is 2.73. The van der Waals surface area contributed by atoms with Crippen LogP contribution in [0.5, 0.6) is 0 Å². The van der Waals surface area contributed by atoms with Crippen LogP contribution >= 0.6 is 11.3 Å². The van der Waals surface area contributed by atoms with Crippen molar-refractivity contribution in [3.05, 3.63) is 21.9 Å². The molecule has 78 valence electrons. The monoisotopic (exact) mass is 212 g/mol. The molecule has 0 amide bonds. The summed E-state index contributed by atoms with van der Waals surface area (Å²) in [6.45, 7) is 4.88. The van der Waals surface area contributed by atoms with Crippen molar-refractivity contribution in [1.29, 1.82) is 0 Å². The van der Waals surface area contributed by atoms with Gasteiger partial charge in [0.2, 0.25) is 0 Å². The first-order valence-electron chi connectivity index (χ1n) is 5.04. The van der Waals surface area contributed by atoms with Gasteiger partial charge >= 0.3 is 0 Å². The van der Waals surface area contributed by atoms with E-state index in [9.17, 15) is 5.11 Å². The maximum atomic E-state index is 10.2. The quantitative estimate of drug-likeness (QED) is 0.816. The van der Waals surface area contributed by atoms with Crippen LogP contribution in [0.2, 0.25) is 0 Å². The van der Waals surface area contributed by atoms with E-state index in [0.29, 0.717) is 0 Å². The third-order valence-corrected chi connectivity index (χ3v) is 4.10. The second-order valence-electron chi connectivity index (χ2n) is 3.94. The third-order valence-electron chi connectivity index (χ3n) is 3.01. The minimum absolute atomic E-state index is 0.187. The number of thiophene rings is 1. The van der Waals surface area contributed by atoms with Crippen molar-refractivity contribution in [3.63, 3.8) is 0 Å². The largest absolute Gasteiger partial charge is 0.387 e. The minimum Gasteiger partial charge on any atom is -0.387 e. The maximum Gasteiger partial charge on any atom is 0.0938 e. The first-order valence-corrected chi connectivity index (χ1v) is 5.92. The predicted molar refractivity (Wildman–Crippen MR) is 57.5 cm³/mol. The molecule has 1 aromatic rings. The van der Waals surface area contributed by atoms with E-state index in [1.807, 2.05) is 12.3 Å². The Kier molecular flexibility index (Phi) is 2.91. The van der Waals surface area contributed by atoms with E-state index in [4.69, 9.17) is 4.74 Å². The number of rotatable bonds is 2. The van der Waals surface area contributed by atoms with Crippen LogP contribution in [0.3, 0.4) is 0 Å². The Morgan fingerprint density at radius 1 is 1.64 bits per heavy atom. The first-order chi connectivity index (χ1) is 6.70. The van der Waals surface area contributed by atoms with E-state index in [0.717, 1.165) is 17.9 Å². The summed E-state index contributed by atoms with van der Waals surface area (Å²) in [5.74, 6) is 0.271. The number of aliphatic hydroxyl groups excluding tert-OH is 1. The van der Waals surface area contributed by atoms with Gasteiger partial charge in [-0.1, -0.05) is 0 Å². The van der Waals surface area contributed by atoms with Crippen molar-refractivity contribution in [2.45, 2.75) is 32.5 Å². The van der Waals surface area contributed by atoms with Crippen molar-refractivity contribution in [2.24, 2.45) is 5.92 Å². The molecule has 1 aliphatic rings. The summed E-state index contributed by atoms with van der Waals surface area (Å²) in [4.78, 5) is 1.10. The van der Waals surface area contributed by atoms with Gasteiger partial charge < -0.3 is 9.84 Å². The van der Waals surface area contributed by atoms with Crippen LogP contribution in [0.25, 0.3) is 0 Å². The summed E-state index contributed by atoms with van der Waals surface area (Å²) < 4.78 is 5.47. The lowest BCUT2D eigenvalue weighted by molar-refractivity contribution is 0.0446. The Labute approximate surface area is 88.5 Å². The molecule has 2 rings (SSSR count). The zero-order valence-electron chi connectivity index (χ0n) is 8.56. The SMILES string of the molecule is Cc1ccsc1C(O)C1CCOC1C. The number of hydrogen-bond donors (Lipinski definition) is 1. The summed E-state index contributed by atoms with van der Waals surface area (Å²) in [7, 11) is 0. The van der Waals surface area contributed by atoms with Gasteiger partial charge in [0.25, 0.3) is 0 Å². The molecular formula is C11H16O2S. The van der Waals surface area contributed by atoms with E-state index in [1.165, 1.54) is 5.56 Å². The summed E-state index contributed by atoms with van der Waals surface area (Å²) >= 11 is 1.64. The smallest absolute Gasteiger partial charge is 0.0938 e. The molecule has 2 nitrogen and oxygen atoms in total. The van der Waals surface area contributed by atoms with Crippen LogP contribution in [-0.2, 0) is 4.74 Å². The van der Waals surface area contributed by atoms with Crippen LogP contribution in [0.4, 0.5) is 0 Å². The fraction of sp³-hybridized carbons (Fsp3) is 0.636. The summed E-state index contributed by atoms with van der Waals surface area (Å²) in [6.07, 6.45) is 0.818. The van der Waals surface area contributed by atoms with Gasteiger partial charge in [-0.25, -0.2) is 0 Å². The normalized spacial score (nSPS) is 29.4. The molecule has 0 saturated carbocycles. The molecule has 1 fully saturated rings. The molecule has 3 heteroatoms. The second kappa shape index (κ2) is 4.01. The van der Waals surface area contributed by atoms with E-state index >= 15 is 0 Å². The maximum absolute atomic E-state index is 10.2. The van der Waals surface area contributed by atoms with Crippen molar-refractivity contribution in [3.8, 4) is 0 Å². The molecule has 1 aliphatic heterocycles. The minimum atomic E-state index is -0.340. The van der Waals surface area contributed by atoms with Crippen molar-refractivity contribution in [2.75, 3.05) is 6.61 Å². The molecule has 0 radical (unpaired) electrons. The molecule has 1 saturated heterocycles. The van der Waals surface area contributed by atoms with E-state index in [1.54, 1.807) is 11.3 Å². The van der Waals surface area contributed by atoms with Gasteiger partial charge in [-0.05, 0) is 37.3 Å². The lowest BCUT2D eigenvalue weighted by atomic mass is 9.94. The summed E-state index contributed by atoms with van der Waals surface area (Å²) in [5.41, 5.74) is 1.20. The van der Waals surface area contributed by atoms with Gasteiger partial charge in [0, 0.05) is 17.4 Å². The molecular weight excluding hydrogens is 196 g/mol. The molecule has 0 aliphatic carbocycles. The number of hydrogen-bond acceptors (Lipinski definition) is 3. The fourth-order valence-corrected chi connectivity index (χ4v) is 3.03. The molecule has 0 aromatic carbocycles. The van der Waals surface area contributed by atoms with Crippen LogP contribution < -0.4 is 0 Å². The van der Waals surface area contributed by atoms with Gasteiger partial charge in [0.1, 0.15) is 0 Å². The Morgan fingerprint density at radius 2 is 2.43 bits per heavy atom. The molecule has 0 spiro atoms. The van der Waals surface area contributed by atoms with E-state index in [2.05, 4.69) is 13.0 Å². The Morgan fingerprint density at radius 3 is 2.93 bits per heavy atom. The van der Waals surface area contributed by atoms with Gasteiger partial charge in [-0.3, -0.25) is 0 Å². The van der Waals surface area contributed by atoms with Crippen molar-refractivity contribution < 1.29 is 9.84 Å². The summed E-state index contributed by atoms with van der Waals surface area (Å²) in [6, 6.07) is 2.06. The van der Waals surface area contributed by atoms with Crippen molar-refractivity contribution >= 4 is 11.3 Å². The number of ether oxygens (including phenoxy) is 1. The number of aryl methyl sites for hydroxylation is 1. The van der Waals surface area contributed by atoms with Gasteiger partial charge in [-0.15, -0.1) is 11.3 Å². The molecule has 1 aromatic heterocycles. The van der Waals surface area contributed by atoms with Gasteiger partial charge in [-0.2, -0.15) is 0 Å². The lowest BCUT2D eigenvalue weighted by Crippen LogP contribution is -2.19. The second-order valence-corrected chi connectivity index (χ2v) is 4.89. The van der Waals surface area contributed by atoms with Crippen LogP contribution in [0.1, 0.15) is 29.9 Å². The Balaban J connectivity index is 2.15. The molecule has 1 N–H and O–H groups in total. The Bertz CT molecular complexity index is 308. The highest BCUT2D eigenvalue weighted by molar-refractivity contribution is 7.10. The third kappa shape index (κ3) is 1.72. The highest BCUT2D eigenvalue weighted by Gasteiger charge is 2.32. The average molecular weight is 212 g/mol. The fourth-order valence-electron chi connectivity index (χ4n) is 2.04. The molecule has 3 unspecified atom stereocenters. The van der Waals surface area contributed by atoms with Crippen LogP contribution in [-0.4, -0.2) is 17.8 Å². The molecule has 0 bridgehead atoms. The molecule has 14 heavy (non-hydrogen) atoms. The van der Waals surface area contributed by atoms with Crippen LogP contribution in [0.15, 0.2) is 11.4 Å². The topological polar surface area (TPSA) is 29.5 Å². The standard InChI is InChI=1S/C11H16O2S/c1-7-4-6-14-11(7)10(12)9-3-5-13-8(9)2/h4,6,8-10,12H,3,5H2,1-2H3. The van der Waals surface area contributed by atoms with Gasteiger partial charge in [0.05, 0.1) is 12.2 Å². The molecule has 3 atom stereocenters. The van der Waals surface area contributed by atoms with Crippen LogP contribution in [0, 0.1) is 12.8 Å². The highest BCUT2D eigenvalue weighted by atomic mass is 32.1. The zero-order valence-corrected chi connectivity index (χ0v) is 9.38. The lowest BCUT2D eigenvalue weighted by Gasteiger charge is -2.20. The van der Waals surface area contributed by atoms with E-state index < -0.39 is 0 Å². The first kappa shape index (κ1) is 10.1. The predicted octanol–water partition coefficient (Wildman–Crippen LogP) is 2.51. The van der Waals surface area contributed by atoms with Gasteiger partial charge in [0.15, 0.2) is 0 Å². The zero-order chi connectivity index (χ0) is 10.1. The van der Waals surface area contributed by atoms with E-state index in [-0.39, 0.29) is 18.1 Å². The molecule has 2 heterocycles. The van der Waals surface area contributed by atoms with Crippen molar-refractivity contribution in [1.82, 2.24) is 0 Å². The summed E-state index contributed by atoms with van der Waals surface area (Å²) in [5, 5.41) is 12.2. The highest BCUT2D eigenvalue weighted by Crippen LogP contribution is 2.36. The number of aliphatic hydroxyl groups is 1. The Hall–Kier alpha value is -0.380.